The number of fused-ring (bicyclic) bond motifs is 1. The second-order valence-corrected chi connectivity index (χ2v) is 9.89. The number of carbonyl (C=O) groups is 2. The van der Waals surface area contributed by atoms with Crippen LogP contribution in [0, 0.1) is 0 Å². The van der Waals surface area contributed by atoms with E-state index in [1.165, 1.54) is 16.4 Å². The van der Waals surface area contributed by atoms with Crippen molar-refractivity contribution < 1.29 is 22.7 Å². The SMILES string of the molecule is CC1Cc2ccccc2N1C(=O)COC(=O)c1ccccc1S(=O)(=O)N1CCCCC1. The normalized spacial score (nSPS) is 19.1. The van der Waals surface area contributed by atoms with E-state index < -0.39 is 22.6 Å². The molecule has 0 aliphatic carbocycles. The molecule has 0 radical (unpaired) electrons. The summed E-state index contributed by atoms with van der Waals surface area (Å²) in [5, 5.41) is 0. The number of hydrogen-bond acceptors (Lipinski definition) is 5. The molecule has 1 atom stereocenters. The number of hydrogen-bond donors (Lipinski definition) is 0. The Kier molecular flexibility index (Phi) is 6.11. The molecule has 0 aromatic heterocycles. The highest BCUT2D eigenvalue weighted by atomic mass is 32.2. The van der Waals surface area contributed by atoms with Crippen molar-refractivity contribution in [3.63, 3.8) is 0 Å². The van der Waals surface area contributed by atoms with Crippen LogP contribution in [0.5, 0.6) is 0 Å². The lowest BCUT2D eigenvalue weighted by Crippen LogP contribution is -2.39. The first-order valence-corrected chi connectivity index (χ1v) is 12.0. The highest BCUT2D eigenvalue weighted by Gasteiger charge is 2.33. The number of esters is 1. The molecule has 31 heavy (non-hydrogen) atoms. The Bertz CT molecular complexity index is 1090. The maximum absolute atomic E-state index is 13.1. The first-order chi connectivity index (χ1) is 14.9. The third-order valence-corrected chi connectivity index (χ3v) is 7.80. The van der Waals surface area contributed by atoms with E-state index in [1.54, 1.807) is 17.0 Å². The van der Waals surface area contributed by atoms with E-state index in [0.717, 1.165) is 36.9 Å². The zero-order valence-corrected chi connectivity index (χ0v) is 18.3. The van der Waals surface area contributed by atoms with Gasteiger partial charge in [0.05, 0.1) is 10.5 Å². The molecule has 2 aliphatic heterocycles. The van der Waals surface area contributed by atoms with Gasteiger partial charge in [-0.2, -0.15) is 4.31 Å². The fourth-order valence-electron chi connectivity index (χ4n) is 4.32. The van der Waals surface area contributed by atoms with Gasteiger partial charge >= 0.3 is 5.97 Å². The van der Waals surface area contributed by atoms with Crippen LogP contribution >= 0.6 is 0 Å². The monoisotopic (exact) mass is 442 g/mol. The lowest BCUT2D eigenvalue weighted by molar-refractivity contribution is -0.122. The fraction of sp³-hybridized carbons (Fsp3) is 0.391. The number of nitrogens with zero attached hydrogens (tertiary/aromatic N) is 2. The second-order valence-electron chi connectivity index (χ2n) is 7.98. The summed E-state index contributed by atoms with van der Waals surface area (Å²) < 4.78 is 32.9. The first-order valence-electron chi connectivity index (χ1n) is 10.6. The van der Waals surface area contributed by atoms with Gasteiger partial charge in [0.2, 0.25) is 10.0 Å². The van der Waals surface area contributed by atoms with Crippen molar-refractivity contribution in [1.29, 1.82) is 0 Å². The van der Waals surface area contributed by atoms with E-state index in [1.807, 2.05) is 31.2 Å². The predicted octanol–water partition coefficient (Wildman–Crippen LogP) is 3.00. The summed E-state index contributed by atoms with van der Waals surface area (Å²) in [4.78, 5) is 27.1. The van der Waals surface area contributed by atoms with Crippen molar-refractivity contribution in [3.8, 4) is 0 Å². The minimum absolute atomic E-state index is 0.0321. The van der Waals surface area contributed by atoms with Crippen molar-refractivity contribution in [2.45, 2.75) is 43.5 Å². The largest absolute Gasteiger partial charge is 0.452 e. The third-order valence-electron chi connectivity index (χ3n) is 5.84. The van der Waals surface area contributed by atoms with E-state index >= 15 is 0 Å². The van der Waals surface area contributed by atoms with Gasteiger partial charge in [-0.05, 0) is 49.9 Å². The molecule has 164 valence electrons. The first kappa shape index (κ1) is 21.5. The molecule has 0 spiro atoms. The van der Waals surface area contributed by atoms with Gasteiger partial charge in [0, 0.05) is 24.8 Å². The Hall–Kier alpha value is -2.71. The Morgan fingerprint density at radius 2 is 1.68 bits per heavy atom. The number of amides is 1. The lowest BCUT2D eigenvalue weighted by atomic mass is 10.1. The van der Waals surface area contributed by atoms with Crippen molar-refractivity contribution in [1.82, 2.24) is 4.31 Å². The summed E-state index contributed by atoms with van der Waals surface area (Å²) in [5.74, 6) is -1.15. The van der Waals surface area contributed by atoms with Crippen LogP contribution in [-0.4, -0.2) is 50.3 Å². The molecule has 0 saturated carbocycles. The molecule has 8 heteroatoms. The molecule has 1 unspecified atom stereocenters. The van der Waals surface area contributed by atoms with Gasteiger partial charge in [-0.15, -0.1) is 0 Å². The number of benzene rings is 2. The smallest absolute Gasteiger partial charge is 0.340 e. The molecule has 0 bridgehead atoms. The molecule has 2 aliphatic rings. The zero-order valence-electron chi connectivity index (χ0n) is 17.5. The van der Waals surface area contributed by atoms with Gasteiger partial charge in [-0.1, -0.05) is 36.8 Å². The van der Waals surface area contributed by atoms with E-state index in [9.17, 15) is 18.0 Å². The maximum atomic E-state index is 13.1. The number of anilines is 1. The number of rotatable bonds is 5. The molecule has 2 aromatic carbocycles. The van der Waals surface area contributed by atoms with Crippen LogP contribution in [0.15, 0.2) is 53.4 Å². The van der Waals surface area contributed by atoms with Crippen LogP contribution < -0.4 is 4.90 Å². The fourth-order valence-corrected chi connectivity index (χ4v) is 6.02. The number of ether oxygens (including phenoxy) is 1. The summed E-state index contributed by atoms with van der Waals surface area (Å²) >= 11 is 0. The highest BCUT2D eigenvalue weighted by Crippen LogP contribution is 2.32. The van der Waals surface area contributed by atoms with E-state index in [2.05, 4.69) is 0 Å². The van der Waals surface area contributed by atoms with Gasteiger partial charge in [0.25, 0.3) is 5.91 Å². The summed E-state index contributed by atoms with van der Waals surface area (Å²) in [6, 6.07) is 13.6. The molecular weight excluding hydrogens is 416 g/mol. The third kappa shape index (κ3) is 4.22. The molecule has 2 heterocycles. The highest BCUT2D eigenvalue weighted by molar-refractivity contribution is 7.89. The van der Waals surface area contributed by atoms with Crippen LogP contribution in [0.3, 0.4) is 0 Å². The summed E-state index contributed by atoms with van der Waals surface area (Å²) in [6.45, 7) is 2.38. The van der Waals surface area contributed by atoms with Gasteiger partial charge < -0.3 is 9.64 Å². The van der Waals surface area contributed by atoms with Gasteiger partial charge in [-0.3, -0.25) is 4.79 Å². The lowest BCUT2D eigenvalue weighted by Gasteiger charge is -2.26. The standard InChI is InChI=1S/C23H26N2O5S/c1-17-15-18-9-3-5-11-20(18)25(17)22(26)16-30-23(27)19-10-4-6-12-21(19)31(28,29)24-13-7-2-8-14-24/h3-6,9-12,17H,2,7-8,13-16H2,1H3. The maximum Gasteiger partial charge on any atom is 0.340 e. The van der Waals surface area contributed by atoms with Crippen molar-refractivity contribution in [2.24, 2.45) is 0 Å². The Morgan fingerprint density at radius 3 is 2.45 bits per heavy atom. The van der Waals surface area contributed by atoms with Gasteiger partial charge in [0.1, 0.15) is 0 Å². The molecule has 4 rings (SSSR count). The van der Waals surface area contributed by atoms with Crippen molar-refractivity contribution >= 4 is 27.6 Å². The minimum Gasteiger partial charge on any atom is -0.452 e. The van der Waals surface area contributed by atoms with Crippen LogP contribution in [0.4, 0.5) is 5.69 Å². The molecular formula is C23H26N2O5S. The van der Waals surface area contributed by atoms with Crippen molar-refractivity contribution in [2.75, 3.05) is 24.6 Å². The summed E-state index contributed by atoms with van der Waals surface area (Å²) in [7, 11) is -3.80. The molecule has 2 aromatic rings. The molecule has 7 nitrogen and oxygen atoms in total. The Balaban J connectivity index is 1.49. The number of sulfonamides is 1. The number of para-hydroxylation sites is 1. The van der Waals surface area contributed by atoms with Crippen molar-refractivity contribution in [3.05, 3.63) is 59.7 Å². The average molecular weight is 443 g/mol. The Labute approximate surface area is 182 Å². The summed E-state index contributed by atoms with van der Waals surface area (Å²) in [5.41, 5.74) is 1.85. The average Bonchev–Trinajstić information content (AvgIpc) is 3.13. The quantitative estimate of drug-likeness (QED) is 0.665. The second kappa shape index (κ2) is 8.80. The van der Waals surface area contributed by atoms with E-state index in [-0.39, 0.29) is 22.4 Å². The topological polar surface area (TPSA) is 84.0 Å². The number of piperidine rings is 1. The van der Waals surface area contributed by atoms with Gasteiger partial charge in [0.15, 0.2) is 6.61 Å². The van der Waals surface area contributed by atoms with E-state index in [4.69, 9.17) is 4.74 Å². The molecule has 1 fully saturated rings. The molecule has 1 amide bonds. The minimum atomic E-state index is -3.80. The van der Waals surface area contributed by atoms with Crippen LogP contribution in [-0.2, 0) is 26.0 Å². The predicted molar refractivity (Wildman–Crippen MR) is 116 cm³/mol. The number of carbonyl (C=O) groups excluding carboxylic acids is 2. The van der Waals surface area contributed by atoms with Crippen LogP contribution in [0.25, 0.3) is 0 Å². The summed E-state index contributed by atoms with van der Waals surface area (Å²) in [6.07, 6.45) is 3.34. The van der Waals surface area contributed by atoms with Crippen LogP contribution in [0.2, 0.25) is 0 Å². The molecule has 0 N–H and O–H groups in total. The molecule has 1 saturated heterocycles. The van der Waals surface area contributed by atoms with Crippen LogP contribution in [0.1, 0.15) is 42.1 Å². The van der Waals surface area contributed by atoms with Gasteiger partial charge in [-0.25, -0.2) is 13.2 Å². The van der Waals surface area contributed by atoms with E-state index in [0.29, 0.717) is 13.1 Å². The Morgan fingerprint density at radius 1 is 1.00 bits per heavy atom. The zero-order chi connectivity index (χ0) is 22.0.